The van der Waals surface area contributed by atoms with Crippen molar-refractivity contribution >= 4 is 35.2 Å². The van der Waals surface area contributed by atoms with Crippen molar-refractivity contribution in [2.75, 3.05) is 24.7 Å². The van der Waals surface area contributed by atoms with Crippen molar-refractivity contribution in [3.63, 3.8) is 0 Å². The van der Waals surface area contributed by atoms with Crippen LogP contribution in [0.4, 0.5) is 5.69 Å². The van der Waals surface area contributed by atoms with Crippen LogP contribution in [-0.4, -0.2) is 69.1 Å². The quantitative estimate of drug-likeness (QED) is 0.351. The summed E-state index contributed by atoms with van der Waals surface area (Å²) in [6.07, 6.45) is 3.64. The van der Waals surface area contributed by atoms with E-state index in [1.165, 1.54) is 0 Å². The third kappa shape index (κ3) is 4.47. The number of aliphatic hydroxyl groups excluding tert-OH is 1. The molecule has 3 aliphatic rings. The van der Waals surface area contributed by atoms with Crippen molar-refractivity contribution in [3.8, 4) is 0 Å². The van der Waals surface area contributed by atoms with Crippen molar-refractivity contribution in [3.05, 3.63) is 42.0 Å². The van der Waals surface area contributed by atoms with Gasteiger partial charge >= 0.3 is 5.97 Å². The molecule has 8 heteroatoms. The lowest BCUT2D eigenvalue weighted by Gasteiger charge is -2.40. The number of aliphatic hydroxyl groups is 1. The number of nitrogens with zero attached hydrogens (tertiary/aromatic N) is 2. The van der Waals surface area contributed by atoms with Crippen molar-refractivity contribution < 1.29 is 24.2 Å². The molecule has 2 unspecified atom stereocenters. The van der Waals surface area contributed by atoms with Gasteiger partial charge in [0.1, 0.15) is 6.04 Å². The summed E-state index contributed by atoms with van der Waals surface area (Å²) in [5.74, 6) is -1.84. The van der Waals surface area contributed by atoms with E-state index in [0.29, 0.717) is 19.4 Å². The van der Waals surface area contributed by atoms with E-state index in [0.717, 1.165) is 23.2 Å². The van der Waals surface area contributed by atoms with Crippen LogP contribution < -0.4 is 4.90 Å². The Balaban J connectivity index is 1.88. The number of esters is 1. The number of thioether (sulfide) groups is 1. The van der Waals surface area contributed by atoms with E-state index in [2.05, 4.69) is 6.58 Å². The van der Waals surface area contributed by atoms with Crippen LogP contribution in [0.15, 0.2) is 30.9 Å². The molecule has 3 saturated heterocycles. The highest BCUT2D eigenvalue weighted by molar-refractivity contribution is 8.02. The van der Waals surface area contributed by atoms with Crippen molar-refractivity contribution in [2.45, 2.75) is 82.4 Å². The fourth-order valence-electron chi connectivity index (χ4n) is 7.04. The first-order valence-corrected chi connectivity index (χ1v) is 14.6. The second-order valence-electron chi connectivity index (χ2n) is 11.7. The molecule has 208 valence electrons. The molecule has 1 aromatic rings. The Morgan fingerprint density at radius 1 is 1.32 bits per heavy atom. The van der Waals surface area contributed by atoms with Gasteiger partial charge in [0.15, 0.2) is 0 Å². The number of amides is 2. The van der Waals surface area contributed by atoms with Gasteiger partial charge in [-0.15, -0.1) is 18.3 Å². The van der Waals surface area contributed by atoms with Gasteiger partial charge in [0, 0.05) is 17.0 Å². The minimum Gasteiger partial charge on any atom is -0.466 e. The van der Waals surface area contributed by atoms with Gasteiger partial charge in [-0.05, 0) is 70.1 Å². The molecule has 0 aromatic heterocycles. The molecule has 0 aliphatic carbocycles. The number of carbonyl (C=O) groups is 3. The van der Waals surface area contributed by atoms with Gasteiger partial charge in [-0.2, -0.15) is 0 Å². The molecule has 3 fully saturated rings. The highest BCUT2D eigenvalue weighted by atomic mass is 32.2. The lowest BCUT2D eigenvalue weighted by atomic mass is 9.66. The molecule has 38 heavy (non-hydrogen) atoms. The van der Waals surface area contributed by atoms with Crippen LogP contribution in [0.2, 0.25) is 0 Å². The van der Waals surface area contributed by atoms with Gasteiger partial charge in [-0.3, -0.25) is 14.4 Å². The average molecular weight is 543 g/mol. The smallest absolute Gasteiger partial charge is 0.311 e. The molecule has 2 amide bonds. The fraction of sp³-hybridized carbons (Fsp3) is 0.633. The Morgan fingerprint density at radius 3 is 2.63 bits per heavy atom. The Kier molecular flexibility index (Phi) is 8.06. The Bertz CT molecular complexity index is 1120. The fourth-order valence-corrected chi connectivity index (χ4v) is 9.37. The summed E-state index contributed by atoms with van der Waals surface area (Å²) < 4.78 is 4.24. The number of hydrogen-bond acceptors (Lipinski definition) is 6. The molecular weight excluding hydrogens is 500 g/mol. The van der Waals surface area contributed by atoms with Gasteiger partial charge in [0.25, 0.3) is 5.91 Å². The van der Waals surface area contributed by atoms with Crippen LogP contribution in [0.3, 0.4) is 0 Å². The molecular formula is C30H42N2O5S. The van der Waals surface area contributed by atoms with Crippen LogP contribution in [0.5, 0.6) is 0 Å². The summed E-state index contributed by atoms with van der Waals surface area (Å²) in [5, 5.41) is 10.5. The number of benzene rings is 1. The first-order valence-electron chi connectivity index (χ1n) is 13.7. The van der Waals surface area contributed by atoms with E-state index in [9.17, 15) is 19.5 Å². The first-order chi connectivity index (χ1) is 18.0. The van der Waals surface area contributed by atoms with Gasteiger partial charge in [0.2, 0.25) is 5.91 Å². The third-order valence-corrected chi connectivity index (χ3v) is 10.6. The summed E-state index contributed by atoms with van der Waals surface area (Å²) in [5.41, 5.74) is 2.77. The SMILES string of the molecule is C=CCN(C(=O)C1N([C@@H](CO)CC(C)C)C(=O)[C@@H]2[C@H](C(=O)OCC)[C@]3(C)CCC12S3)c1cc(C)ccc1C. The second kappa shape index (κ2) is 10.7. The molecule has 3 heterocycles. The summed E-state index contributed by atoms with van der Waals surface area (Å²) >= 11 is 1.62. The summed E-state index contributed by atoms with van der Waals surface area (Å²) in [4.78, 5) is 45.8. The molecule has 1 N–H and O–H groups in total. The molecule has 0 saturated carbocycles. The Hall–Kier alpha value is -2.32. The van der Waals surface area contributed by atoms with Gasteiger partial charge < -0.3 is 19.6 Å². The molecule has 2 bridgehead atoms. The maximum Gasteiger partial charge on any atom is 0.311 e. The molecule has 7 nitrogen and oxygen atoms in total. The molecule has 1 spiro atoms. The van der Waals surface area contributed by atoms with Crippen LogP contribution in [-0.2, 0) is 19.1 Å². The predicted octanol–water partition coefficient (Wildman–Crippen LogP) is 4.27. The number of anilines is 1. The maximum atomic E-state index is 14.8. The summed E-state index contributed by atoms with van der Waals surface area (Å²) in [6.45, 7) is 16.1. The number of rotatable bonds is 10. The predicted molar refractivity (Wildman–Crippen MR) is 151 cm³/mol. The zero-order chi connectivity index (χ0) is 28.0. The topological polar surface area (TPSA) is 87.2 Å². The van der Waals surface area contributed by atoms with E-state index >= 15 is 0 Å². The second-order valence-corrected chi connectivity index (χ2v) is 13.6. The Labute approximate surface area is 231 Å². The minimum atomic E-state index is -0.804. The highest BCUT2D eigenvalue weighted by Gasteiger charge is 2.78. The van der Waals surface area contributed by atoms with E-state index < -0.39 is 33.4 Å². The number of hydrogen-bond donors (Lipinski definition) is 1. The molecule has 4 rings (SSSR count). The Morgan fingerprint density at radius 2 is 2.03 bits per heavy atom. The van der Waals surface area contributed by atoms with Crippen molar-refractivity contribution in [1.82, 2.24) is 4.90 Å². The molecule has 3 aliphatic heterocycles. The van der Waals surface area contributed by atoms with E-state index in [1.807, 2.05) is 52.8 Å². The van der Waals surface area contributed by atoms with Crippen LogP contribution in [0, 0.1) is 31.6 Å². The van der Waals surface area contributed by atoms with Crippen molar-refractivity contribution in [1.29, 1.82) is 0 Å². The number of aryl methyl sites for hydroxylation is 2. The summed E-state index contributed by atoms with van der Waals surface area (Å²) in [6, 6.07) is 4.68. The largest absolute Gasteiger partial charge is 0.466 e. The van der Waals surface area contributed by atoms with Gasteiger partial charge in [0.05, 0.1) is 35.8 Å². The lowest BCUT2D eigenvalue weighted by molar-refractivity contribution is -0.155. The van der Waals surface area contributed by atoms with E-state index in [4.69, 9.17) is 4.74 Å². The van der Waals surface area contributed by atoms with E-state index in [1.54, 1.807) is 34.6 Å². The number of ether oxygens (including phenoxy) is 1. The zero-order valence-electron chi connectivity index (χ0n) is 23.5. The van der Waals surface area contributed by atoms with Crippen LogP contribution in [0.1, 0.15) is 58.1 Å². The van der Waals surface area contributed by atoms with Gasteiger partial charge in [-0.1, -0.05) is 32.1 Å². The van der Waals surface area contributed by atoms with Crippen molar-refractivity contribution in [2.24, 2.45) is 17.8 Å². The monoisotopic (exact) mass is 542 g/mol. The molecule has 0 radical (unpaired) electrons. The zero-order valence-corrected chi connectivity index (χ0v) is 24.3. The first kappa shape index (κ1) is 28.7. The molecule has 1 aromatic carbocycles. The maximum absolute atomic E-state index is 14.8. The van der Waals surface area contributed by atoms with Gasteiger partial charge in [-0.25, -0.2) is 0 Å². The normalized spacial score (nSPS) is 30.5. The molecule has 6 atom stereocenters. The number of likely N-dealkylation sites (tertiary alicyclic amines) is 1. The highest BCUT2D eigenvalue weighted by Crippen LogP contribution is 2.72. The van der Waals surface area contributed by atoms with E-state index in [-0.39, 0.29) is 36.9 Å². The number of carbonyl (C=O) groups excluding carboxylic acids is 3. The standard InChI is InChI=1S/C30H42N2O5S/c1-8-14-31(22-16-19(5)10-11-20(22)6)27(35)25-30-13-12-29(7,38-30)24(28(36)37-9-2)23(30)26(34)32(25)21(17-33)15-18(3)4/h8,10-11,16,18,21,23-25,33H,1,9,12-15,17H2,2-7H3/t21-,23+,24-,25?,29+,30?/m1/s1. The van der Waals surface area contributed by atoms with Crippen LogP contribution >= 0.6 is 11.8 Å². The average Bonchev–Trinajstić information content (AvgIpc) is 3.43. The number of fused-ring (bicyclic) bond motifs is 1. The van der Waals surface area contributed by atoms with Crippen LogP contribution in [0.25, 0.3) is 0 Å². The minimum absolute atomic E-state index is 0.182. The lowest BCUT2D eigenvalue weighted by Crippen LogP contribution is -2.58. The third-order valence-electron chi connectivity index (χ3n) is 8.57. The summed E-state index contributed by atoms with van der Waals surface area (Å²) in [7, 11) is 0.